The monoisotopic (exact) mass is 295 g/mol. The predicted molar refractivity (Wildman–Crippen MR) is 91.2 cm³/mol. The molecule has 0 aliphatic heterocycles. The molecule has 1 aliphatic rings. The van der Waals surface area contributed by atoms with Crippen molar-refractivity contribution in [1.82, 2.24) is 0 Å². The van der Waals surface area contributed by atoms with Crippen LogP contribution in [0.4, 0.5) is 5.69 Å². The van der Waals surface area contributed by atoms with Gasteiger partial charge in [-0.2, -0.15) is 0 Å². The van der Waals surface area contributed by atoms with Crippen LogP contribution in [0.1, 0.15) is 55.8 Å². The summed E-state index contributed by atoms with van der Waals surface area (Å²) in [4.78, 5) is 12.3. The van der Waals surface area contributed by atoms with E-state index in [1.165, 1.54) is 31.2 Å². The second kappa shape index (κ2) is 6.78. The molecular weight excluding hydrogens is 270 g/mol. The summed E-state index contributed by atoms with van der Waals surface area (Å²) in [6, 6.07) is 15.3. The summed E-state index contributed by atoms with van der Waals surface area (Å²) in [5.74, 6) is 1.34. The van der Waals surface area contributed by atoms with Crippen molar-refractivity contribution in [3.05, 3.63) is 65.7 Å². The number of anilines is 1. The molecule has 1 amide bonds. The molecule has 1 fully saturated rings. The lowest BCUT2D eigenvalue weighted by Crippen LogP contribution is -2.11. The van der Waals surface area contributed by atoms with Crippen molar-refractivity contribution in [2.24, 2.45) is 5.92 Å². The van der Waals surface area contributed by atoms with E-state index in [4.69, 9.17) is 1.37 Å². The maximum Gasteiger partial charge on any atom is 0.255 e. The summed E-state index contributed by atoms with van der Waals surface area (Å²) < 4.78 is 7.80. The van der Waals surface area contributed by atoms with Crippen molar-refractivity contribution in [1.29, 1.82) is 0 Å². The number of carbonyl (C=O) groups is 1. The van der Waals surface area contributed by atoms with E-state index in [1.807, 2.05) is 18.2 Å². The third-order valence-electron chi connectivity index (χ3n) is 4.72. The number of nitrogens with one attached hydrogen (secondary N) is 1. The van der Waals surface area contributed by atoms with Gasteiger partial charge in [-0.3, -0.25) is 4.79 Å². The van der Waals surface area contributed by atoms with Crippen molar-refractivity contribution in [3.8, 4) is 0 Å². The SMILES string of the molecule is [3H]c1ccccc1NC(=O)c1ccc(C2CCC(CC)C2)cc1. The third kappa shape index (κ3) is 3.38. The van der Waals surface area contributed by atoms with Crippen LogP contribution >= 0.6 is 0 Å². The zero-order valence-electron chi connectivity index (χ0n) is 14.0. The minimum absolute atomic E-state index is 0.158. The molecule has 1 saturated carbocycles. The number of para-hydroxylation sites is 1. The van der Waals surface area contributed by atoms with Crippen LogP contribution in [0.15, 0.2) is 54.6 Å². The van der Waals surface area contributed by atoms with E-state index in [1.54, 1.807) is 18.2 Å². The van der Waals surface area contributed by atoms with Gasteiger partial charge >= 0.3 is 0 Å². The number of hydrogen-bond donors (Lipinski definition) is 1. The van der Waals surface area contributed by atoms with Gasteiger partial charge in [-0.15, -0.1) is 0 Å². The standard InChI is InChI=1S/C20H23NO/c1-2-15-8-9-18(14-15)16-10-12-17(13-11-16)20(22)21-19-6-4-3-5-7-19/h3-7,10-13,15,18H,2,8-9,14H2,1H3,(H,21,22)/i6T. The Labute approximate surface area is 134 Å². The Morgan fingerprint density at radius 1 is 1.18 bits per heavy atom. The molecule has 2 aromatic rings. The molecule has 2 aromatic carbocycles. The summed E-state index contributed by atoms with van der Waals surface area (Å²) in [5, 5.41) is 2.81. The zero-order valence-corrected chi connectivity index (χ0v) is 13.0. The molecule has 0 bridgehead atoms. The summed E-state index contributed by atoms with van der Waals surface area (Å²) in [6.45, 7) is 2.27. The minimum Gasteiger partial charge on any atom is -0.322 e. The number of hydrogen-bond acceptors (Lipinski definition) is 1. The smallest absolute Gasteiger partial charge is 0.255 e. The Balaban J connectivity index is 1.67. The quantitative estimate of drug-likeness (QED) is 0.822. The van der Waals surface area contributed by atoms with Crippen LogP contribution in [0.3, 0.4) is 0 Å². The Morgan fingerprint density at radius 3 is 2.68 bits per heavy atom. The highest BCUT2D eigenvalue weighted by atomic mass is 16.1. The van der Waals surface area contributed by atoms with Crippen molar-refractivity contribution in [3.63, 3.8) is 0 Å². The molecule has 1 N–H and O–H groups in total. The van der Waals surface area contributed by atoms with Gasteiger partial charge in [0.05, 0.1) is 1.37 Å². The van der Waals surface area contributed by atoms with Gasteiger partial charge in [-0.1, -0.05) is 43.7 Å². The molecule has 114 valence electrons. The van der Waals surface area contributed by atoms with E-state index < -0.39 is 0 Å². The van der Waals surface area contributed by atoms with Crippen molar-refractivity contribution in [2.75, 3.05) is 5.32 Å². The highest BCUT2D eigenvalue weighted by molar-refractivity contribution is 6.04. The molecular formula is C20H23NO. The van der Waals surface area contributed by atoms with Crippen molar-refractivity contribution >= 4 is 11.6 Å². The van der Waals surface area contributed by atoms with Crippen molar-refractivity contribution < 1.29 is 6.17 Å². The number of amides is 1. The first-order chi connectivity index (χ1) is 11.2. The highest BCUT2D eigenvalue weighted by Gasteiger charge is 2.24. The van der Waals surface area contributed by atoms with E-state index in [0.29, 0.717) is 23.2 Å². The fourth-order valence-electron chi connectivity index (χ4n) is 3.32. The first-order valence-electron chi connectivity index (χ1n) is 8.64. The predicted octanol–water partition coefficient (Wildman–Crippen LogP) is 5.23. The van der Waals surface area contributed by atoms with Gasteiger partial charge in [-0.25, -0.2) is 0 Å². The van der Waals surface area contributed by atoms with Gasteiger partial charge < -0.3 is 5.32 Å². The van der Waals surface area contributed by atoms with Gasteiger partial charge in [-0.05, 0) is 60.9 Å². The third-order valence-corrected chi connectivity index (χ3v) is 4.72. The van der Waals surface area contributed by atoms with Crippen LogP contribution in [-0.2, 0) is 0 Å². The molecule has 0 heterocycles. The summed E-state index contributed by atoms with van der Waals surface area (Å²) in [7, 11) is 0. The fourth-order valence-corrected chi connectivity index (χ4v) is 3.32. The van der Waals surface area contributed by atoms with E-state index in [0.717, 1.165) is 5.92 Å². The average Bonchev–Trinajstić information content (AvgIpc) is 3.06. The number of rotatable bonds is 4. The molecule has 0 aromatic heterocycles. The first-order valence-corrected chi connectivity index (χ1v) is 8.14. The fraction of sp³-hybridized carbons (Fsp3) is 0.350. The molecule has 2 atom stereocenters. The van der Waals surface area contributed by atoms with Crippen LogP contribution in [0.25, 0.3) is 0 Å². The van der Waals surface area contributed by atoms with E-state index in [2.05, 4.69) is 24.4 Å². The van der Waals surface area contributed by atoms with Crippen molar-refractivity contribution in [2.45, 2.75) is 38.5 Å². The molecule has 2 nitrogen and oxygen atoms in total. The largest absolute Gasteiger partial charge is 0.322 e. The van der Waals surface area contributed by atoms with Crippen LogP contribution in [-0.4, -0.2) is 5.91 Å². The van der Waals surface area contributed by atoms with E-state index in [9.17, 15) is 4.79 Å². The van der Waals surface area contributed by atoms with Crippen LogP contribution in [0, 0.1) is 5.92 Å². The molecule has 2 unspecified atom stereocenters. The normalized spacial score (nSPS) is 21.4. The Hall–Kier alpha value is -2.09. The maximum absolute atomic E-state index is 12.3. The maximum atomic E-state index is 12.3. The minimum atomic E-state index is -0.158. The summed E-state index contributed by atoms with van der Waals surface area (Å²) in [5.41, 5.74) is 2.53. The number of benzene rings is 2. The molecule has 22 heavy (non-hydrogen) atoms. The van der Waals surface area contributed by atoms with Gasteiger partial charge in [0.15, 0.2) is 0 Å². The molecule has 0 saturated heterocycles. The Kier molecular flexibility index (Phi) is 4.18. The van der Waals surface area contributed by atoms with Gasteiger partial charge in [0.2, 0.25) is 0 Å². The lowest BCUT2D eigenvalue weighted by atomic mass is 9.95. The van der Waals surface area contributed by atoms with Gasteiger partial charge in [0, 0.05) is 11.3 Å². The molecule has 0 spiro atoms. The second-order valence-electron chi connectivity index (χ2n) is 6.14. The average molecular weight is 295 g/mol. The van der Waals surface area contributed by atoms with Gasteiger partial charge in [0.25, 0.3) is 5.91 Å². The topological polar surface area (TPSA) is 29.1 Å². The number of carbonyl (C=O) groups excluding carboxylic acids is 1. The van der Waals surface area contributed by atoms with Crippen LogP contribution in [0.2, 0.25) is 0 Å². The lowest BCUT2D eigenvalue weighted by Gasteiger charge is -2.11. The molecule has 3 rings (SSSR count). The Morgan fingerprint density at radius 2 is 2.00 bits per heavy atom. The van der Waals surface area contributed by atoms with Crippen LogP contribution < -0.4 is 5.32 Å². The van der Waals surface area contributed by atoms with E-state index >= 15 is 0 Å². The lowest BCUT2D eigenvalue weighted by molar-refractivity contribution is 0.102. The zero-order chi connectivity index (χ0) is 16.2. The highest BCUT2D eigenvalue weighted by Crippen LogP contribution is 2.39. The van der Waals surface area contributed by atoms with Crippen LogP contribution in [0.5, 0.6) is 0 Å². The molecule has 1 aliphatic carbocycles. The summed E-state index contributed by atoms with van der Waals surface area (Å²) in [6.07, 6.45) is 5.12. The van der Waals surface area contributed by atoms with E-state index in [-0.39, 0.29) is 5.91 Å². The Bertz CT molecular complexity index is 680. The van der Waals surface area contributed by atoms with Gasteiger partial charge in [0.1, 0.15) is 0 Å². The first kappa shape index (κ1) is 13.6. The second-order valence-corrected chi connectivity index (χ2v) is 6.14. The molecule has 0 radical (unpaired) electrons. The molecule has 2 heteroatoms. The summed E-state index contributed by atoms with van der Waals surface area (Å²) >= 11 is 0.